The minimum absolute atomic E-state index is 0.0197. The first-order valence-corrected chi connectivity index (χ1v) is 30.0. The highest BCUT2D eigenvalue weighted by molar-refractivity contribution is 5.76. The lowest BCUT2D eigenvalue weighted by molar-refractivity contribution is -0.124. The molecule has 0 spiro atoms. The first-order chi connectivity index (χ1) is 32.0. The third-order valence-corrected chi connectivity index (χ3v) is 14.3. The van der Waals surface area contributed by atoms with Crippen LogP contribution in [0.1, 0.15) is 341 Å². The fraction of sp³-hybridized carbons (Fsp3) is 0.950. The molecule has 0 saturated heterocycles. The van der Waals surface area contributed by atoms with Gasteiger partial charge in [-0.1, -0.05) is 328 Å². The number of rotatable bonds is 56. The Morgan fingerprint density at radius 1 is 0.385 bits per heavy atom. The summed E-state index contributed by atoms with van der Waals surface area (Å²) in [5, 5.41) is 33.5. The van der Waals surface area contributed by atoms with Crippen molar-refractivity contribution in [3.05, 3.63) is 12.2 Å². The van der Waals surface area contributed by atoms with Crippen LogP contribution in [0, 0.1) is 0 Å². The zero-order valence-corrected chi connectivity index (χ0v) is 44.4. The molecule has 0 aromatic carbocycles. The quantitative estimate of drug-likeness (QED) is 0.0361. The van der Waals surface area contributed by atoms with E-state index in [9.17, 15) is 20.1 Å². The van der Waals surface area contributed by atoms with Gasteiger partial charge in [0.15, 0.2) is 0 Å². The van der Waals surface area contributed by atoms with Crippen LogP contribution in [-0.4, -0.2) is 46.1 Å². The summed E-state index contributed by atoms with van der Waals surface area (Å²) in [6.07, 6.45) is 69.9. The van der Waals surface area contributed by atoms with Crippen molar-refractivity contribution in [2.24, 2.45) is 0 Å². The average molecular weight is 919 g/mol. The van der Waals surface area contributed by atoms with Gasteiger partial charge in [0, 0.05) is 0 Å². The Kier molecular flexibility index (Phi) is 54.9. The number of nitrogens with one attached hydrogen (secondary N) is 1. The molecule has 0 aliphatic carbocycles. The van der Waals surface area contributed by atoms with Crippen molar-refractivity contribution in [2.45, 2.75) is 360 Å². The summed E-state index contributed by atoms with van der Waals surface area (Å²) >= 11 is 0. The van der Waals surface area contributed by atoms with Crippen molar-refractivity contribution < 1.29 is 20.1 Å². The molecule has 5 heteroatoms. The molecule has 388 valence electrons. The van der Waals surface area contributed by atoms with Crippen molar-refractivity contribution in [3.63, 3.8) is 0 Å². The number of aliphatic hydroxyl groups excluding tert-OH is 3. The lowest BCUT2D eigenvalue weighted by Gasteiger charge is -2.21. The fourth-order valence-electron chi connectivity index (χ4n) is 9.76. The van der Waals surface area contributed by atoms with Gasteiger partial charge in [-0.3, -0.25) is 4.79 Å². The van der Waals surface area contributed by atoms with Gasteiger partial charge in [-0.25, -0.2) is 0 Å². The van der Waals surface area contributed by atoms with Crippen molar-refractivity contribution in [3.8, 4) is 0 Å². The number of unbranched alkanes of at least 4 members (excludes halogenated alkanes) is 47. The molecule has 0 fully saturated rings. The van der Waals surface area contributed by atoms with Gasteiger partial charge in [0.2, 0.25) is 5.91 Å². The van der Waals surface area contributed by atoms with Crippen LogP contribution in [0.15, 0.2) is 12.2 Å². The summed E-state index contributed by atoms with van der Waals surface area (Å²) in [4.78, 5) is 12.5. The molecular weight excluding hydrogens is 799 g/mol. The second kappa shape index (κ2) is 55.7. The summed E-state index contributed by atoms with van der Waals surface area (Å²) in [6, 6.07) is -0.741. The monoisotopic (exact) mass is 918 g/mol. The third kappa shape index (κ3) is 52.3. The maximum absolute atomic E-state index is 12.5. The molecule has 65 heavy (non-hydrogen) atoms. The average Bonchev–Trinajstić information content (AvgIpc) is 3.30. The zero-order chi connectivity index (χ0) is 47.2. The van der Waals surface area contributed by atoms with Crippen LogP contribution in [0.2, 0.25) is 0 Å². The van der Waals surface area contributed by atoms with Crippen LogP contribution in [0.3, 0.4) is 0 Å². The van der Waals surface area contributed by atoms with Crippen LogP contribution >= 0.6 is 0 Å². The van der Waals surface area contributed by atoms with Gasteiger partial charge >= 0.3 is 0 Å². The molecule has 0 heterocycles. The third-order valence-electron chi connectivity index (χ3n) is 14.3. The standard InChI is InChI=1S/C60H119NO4/c1-3-5-7-9-11-13-15-17-19-21-23-25-26-27-28-29-30-31-32-34-35-37-39-41-43-45-47-49-51-53-57(63)55-60(65)61-58(56-62)59(64)54-52-50-48-46-44-42-40-38-36-33-24-22-20-18-16-14-12-10-8-6-4-2/h52,54,57-59,62-64H,3-51,53,55-56H2,1-2H3,(H,61,65)/b54-52+. The molecule has 4 N–H and O–H groups in total. The van der Waals surface area contributed by atoms with Crippen LogP contribution in [0.4, 0.5) is 0 Å². The molecule has 0 radical (unpaired) electrons. The van der Waals surface area contributed by atoms with E-state index in [0.29, 0.717) is 6.42 Å². The molecule has 1 amide bonds. The molecule has 5 nitrogen and oxygen atoms in total. The second-order valence-electron chi connectivity index (χ2n) is 21.0. The highest BCUT2D eigenvalue weighted by Gasteiger charge is 2.20. The predicted molar refractivity (Wildman–Crippen MR) is 287 cm³/mol. The number of hydrogen-bond donors (Lipinski definition) is 4. The normalized spacial score (nSPS) is 13.2. The molecule has 0 rings (SSSR count). The number of amides is 1. The summed E-state index contributed by atoms with van der Waals surface area (Å²) in [7, 11) is 0. The van der Waals surface area contributed by atoms with Gasteiger partial charge in [-0.2, -0.15) is 0 Å². The van der Waals surface area contributed by atoms with E-state index in [4.69, 9.17) is 0 Å². The number of carbonyl (C=O) groups excluding carboxylic acids is 1. The lowest BCUT2D eigenvalue weighted by Crippen LogP contribution is -2.45. The summed E-state index contributed by atoms with van der Waals surface area (Å²) in [5.74, 6) is -0.307. The molecule has 0 saturated carbocycles. The first-order valence-electron chi connectivity index (χ1n) is 30.0. The Morgan fingerprint density at radius 3 is 0.892 bits per heavy atom. The van der Waals surface area contributed by atoms with Crippen LogP contribution < -0.4 is 5.32 Å². The SMILES string of the molecule is CCCCCCCCCCCCCCCCCCCCC/C=C/C(O)C(CO)NC(=O)CC(O)CCCCCCCCCCCCCCCCCCCCCCCCCCCCCCC. The maximum atomic E-state index is 12.5. The smallest absolute Gasteiger partial charge is 0.222 e. The molecule has 3 atom stereocenters. The Hall–Kier alpha value is -0.910. The number of hydrogen-bond acceptors (Lipinski definition) is 4. The minimum atomic E-state index is -0.926. The van der Waals surface area contributed by atoms with Crippen LogP contribution in [-0.2, 0) is 4.79 Å². The molecule has 0 aromatic rings. The van der Waals surface area contributed by atoms with E-state index >= 15 is 0 Å². The largest absolute Gasteiger partial charge is 0.394 e. The lowest BCUT2D eigenvalue weighted by atomic mass is 10.0. The van der Waals surface area contributed by atoms with Gasteiger partial charge in [0.05, 0.1) is 31.3 Å². The van der Waals surface area contributed by atoms with Crippen molar-refractivity contribution >= 4 is 5.91 Å². The molecule has 0 aliphatic heterocycles. The molecular formula is C60H119NO4. The van der Waals surface area contributed by atoms with Gasteiger partial charge in [-0.15, -0.1) is 0 Å². The van der Waals surface area contributed by atoms with E-state index in [1.54, 1.807) is 6.08 Å². The molecule has 0 aromatic heterocycles. The van der Waals surface area contributed by atoms with E-state index in [2.05, 4.69) is 19.2 Å². The van der Waals surface area contributed by atoms with Crippen molar-refractivity contribution in [1.82, 2.24) is 5.32 Å². The second-order valence-corrected chi connectivity index (χ2v) is 21.0. The summed E-state index contributed by atoms with van der Waals surface area (Å²) in [6.45, 7) is 4.26. The number of aliphatic hydroxyl groups is 3. The van der Waals surface area contributed by atoms with Crippen molar-refractivity contribution in [1.29, 1.82) is 0 Å². The topological polar surface area (TPSA) is 89.8 Å². The predicted octanol–water partition coefficient (Wildman–Crippen LogP) is 18.7. The molecule has 3 unspecified atom stereocenters. The van der Waals surface area contributed by atoms with Crippen molar-refractivity contribution in [2.75, 3.05) is 6.61 Å². The Bertz CT molecular complexity index is 925. The number of carbonyl (C=O) groups is 1. The zero-order valence-electron chi connectivity index (χ0n) is 44.4. The Morgan fingerprint density at radius 2 is 0.631 bits per heavy atom. The highest BCUT2D eigenvalue weighted by atomic mass is 16.3. The Balaban J connectivity index is 3.50. The fourth-order valence-corrected chi connectivity index (χ4v) is 9.76. The van der Waals surface area contributed by atoms with Gasteiger partial charge < -0.3 is 20.6 Å². The van der Waals surface area contributed by atoms with Crippen LogP contribution in [0.25, 0.3) is 0 Å². The summed E-state index contributed by atoms with van der Waals surface area (Å²) in [5.41, 5.74) is 0. The Labute approximate surface area is 408 Å². The van der Waals surface area contributed by atoms with Gasteiger partial charge in [0.1, 0.15) is 0 Å². The van der Waals surface area contributed by atoms with Crippen LogP contribution in [0.5, 0.6) is 0 Å². The van der Waals surface area contributed by atoms with E-state index in [1.807, 2.05) is 6.08 Å². The molecule has 0 aliphatic rings. The highest BCUT2D eigenvalue weighted by Crippen LogP contribution is 2.19. The minimum Gasteiger partial charge on any atom is -0.394 e. The van der Waals surface area contributed by atoms with E-state index < -0.39 is 18.2 Å². The van der Waals surface area contributed by atoms with Gasteiger partial charge in [-0.05, 0) is 19.3 Å². The maximum Gasteiger partial charge on any atom is 0.222 e. The van der Waals surface area contributed by atoms with E-state index in [-0.39, 0.29) is 18.9 Å². The molecule has 0 bridgehead atoms. The van der Waals surface area contributed by atoms with Gasteiger partial charge in [0.25, 0.3) is 0 Å². The first kappa shape index (κ1) is 64.1. The van der Waals surface area contributed by atoms with E-state index in [0.717, 1.165) is 25.7 Å². The number of allylic oxidation sites excluding steroid dienone is 1. The van der Waals surface area contributed by atoms with E-state index in [1.165, 1.54) is 289 Å². The summed E-state index contributed by atoms with van der Waals surface area (Å²) < 4.78 is 0.